The van der Waals surface area contributed by atoms with Crippen LogP contribution < -0.4 is 11.1 Å². The summed E-state index contributed by atoms with van der Waals surface area (Å²) in [6.07, 6.45) is 2.00. The van der Waals surface area contributed by atoms with E-state index in [1.807, 2.05) is 0 Å². The molecule has 10 heteroatoms. The molecule has 0 aliphatic carbocycles. The molecule has 0 rings (SSSR count). The smallest absolute Gasteiger partial charge is 0.407 e. The van der Waals surface area contributed by atoms with Crippen molar-refractivity contribution >= 4 is 22.2 Å². The van der Waals surface area contributed by atoms with Crippen molar-refractivity contribution in [3.8, 4) is 0 Å². The number of unbranched alkanes of at least 4 members (excludes halogenated alkanes) is 1. The van der Waals surface area contributed by atoms with E-state index in [2.05, 4.69) is 5.32 Å². The second kappa shape index (κ2) is 10.4. The quantitative estimate of drug-likeness (QED) is 0.404. The van der Waals surface area contributed by atoms with Gasteiger partial charge in [0.1, 0.15) is 11.6 Å². The van der Waals surface area contributed by atoms with Gasteiger partial charge in [-0.1, -0.05) is 0 Å². The highest BCUT2D eigenvalue weighted by atomic mass is 32.2. The summed E-state index contributed by atoms with van der Waals surface area (Å²) in [6, 6.07) is -0.823. The molecule has 0 bridgehead atoms. The van der Waals surface area contributed by atoms with Gasteiger partial charge in [-0.15, -0.1) is 0 Å². The monoisotopic (exact) mass is 342 g/mol. The lowest BCUT2D eigenvalue weighted by atomic mass is 10.1. The van der Waals surface area contributed by atoms with Gasteiger partial charge < -0.3 is 20.9 Å². The van der Waals surface area contributed by atoms with Crippen LogP contribution in [0.15, 0.2) is 0 Å². The van der Waals surface area contributed by atoms with E-state index in [0.29, 0.717) is 32.1 Å². The van der Waals surface area contributed by atoms with E-state index in [1.165, 1.54) is 0 Å². The molecule has 0 aromatic heterocycles. The van der Waals surface area contributed by atoms with Crippen molar-refractivity contribution in [1.29, 1.82) is 0 Å². The molecule has 5 N–H and O–H groups in total. The van der Waals surface area contributed by atoms with Crippen molar-refractivity contribution in [2.45, 2.75) is 51.7 Å². The molecule has 0 heterocycles. The maximum Gasteiger partial charge on any atom is 0.407 e. The standard InChI is InChI=1S/C11H22N2O4.CH4O3S/c1-11(2,3)17-10(16)13-7-5-4-6-8(12)9(14)15;1-5(2,3)4/h8H,4-7,12H2,1-3H3,(H,13,16)(H,14,15);1H3,(H,2,3,4). The first-order valence-electron chi connectivity index (χ1n) is 6.60. The van der Waals surface area contributed by atoms with Crippen LogP contribution >= 0.6 is 0 Å². The average Bonchev–Trinajstić information content (AvgIpc) is 2.23. The molecular formula is C12H26N2O7S. The van der Waals surface area contributed by atoms with E-state index in [1.54, 1.807) is 20.8 Å². The number of nitrogens with one attached hydrogen (secondary N) is 1. The van der Waals surface area contributed by atoms with Gasteiger partial charge in [-0.2, -0.15) is 8.42 Å². The lowest BCUT2D eigenvalue weighted by Crippen LogP contribution is -2.33. The van der Waals surface area contributed by atoms with E-state index < -0.39 is 33.8 Å². The van der Waals surface area contributed by atoms with Crippen molar-refractivity contribution in [2.75, 3.05) is 12.8 Å². The normalized spacial score (nSPS) is 12.6. The lowest BCUT2D eigenvalue weighted by Gasteiger charge is -2.19. The summed E-state index contributed by atoms with van der Waals surface area (Å²) in [6.45, 7) is 5.83. The van der Waals surface area contributed by atoms with Crippen molar-refractivity contribution in [3.05, 3.63) is 0 Å². The summed E-state index contributed by atoms with van der Waals surface area (Å²) in [4.78, 5) is 21.6. The number of carboxylic acids is 1. The van der Waals surface area contributed by atoms with Gasteiger partial charge in [-0.25, -0.2) is 4.79 Å². The number of carboxylic acid groups (broad SMARTS) is 1. The third-order valence-corrected chi connectivity index (χ3v) is 1.93. The Morgan fingerprint density at radius 3 is 2.09 bits per heavy atom. The van der Waals surface area contributed by atoms with E-state index in [-0.39, 0.29) is 0 Å². The molecule has 1 unspecified atom stereocenters. The number of aliphatic carboxylic acids is 1. The molecular weight excluding hydrogens is 316 g/mol. The molecule has 9 nitrogen and oxygen atoms in total. The van der Waals surface area contributed by atoms with Gasteiger partial charge in [-0.05, 0) is 40.0 Å². The molecule has 0 saturated heterocycles. The number of rotatable bonds is 6. The van der Waals surface area contributed by atoms with Crippen LogP contribution in [-0.4, -0.2) is 54.6 Å². The maximum absolute atomic E-state index is 11.2. The number of ether oxygens (including phenoxy) is 1. The third-order valence-electron chi connectivity index (χ3n) is 1.93. The molecule has 0 radical (unpaired) electrons. The van der Waals surface area contributed by atoms with Crippen molar-refractivity contribution in [1.82, 2.24) is 5.32 Å². The van der Waals surface area contributed by atoms with Crippen molar-refractivity contribution in [2.24, 2.45) is 5.73 Å². The number of carbonyl (C=O) groups excluding carboxylic acids is 1. The fourth-order valence-electron chi connectivity index (χ4n) is 1.12. The minimum Gasteiger partial charge on any atom is -0.480 e. The molecule has 0 saturated carbocycles. The highest BCUT2D eigenvalue weighted by Gasteiger charge is 2.15. The predicted octanol–water partition coefficient (Wildman–Crippen LogP) is 0.597. The van der Waals surface area contributed by atoms with Crippen LogP contribution in [-0.2, 0) is 19.6 Å². The van der Waals surface area contributed by atoms with Gasteiger partial charge in [0.25, 0.3) is 10.1 Å². The number of alkyl carbamates (subject to hydrolysis) is 1. The molecule has 1 amide bonds. The van der Waals surface area contributed by atoms with Gasteiger partial charge >= 0.3 is 12.1 Å². The highest BCUT2D eigenvalue weighted by molar-refractivity contribution is 7.85. The first kappa shape index (κ1) is 22.9. The zero-order valence-corrected chi connectivity index (χ0v) is 14.1. The van der Waals surface area contributed by atoms with Gasteiger partial charge in [0, 0.05) is 6.54 Å². The second-order valence-electron chi connectivity index (χ2n) is 5.60. The Labute approximate surface area is 131 Å². The molecule has 1 atom stereocenters. The van der Waals surface area contributed by atoms with E-state index in [0.717, 1.165) is 0 Å². The summed E-state index contributed by atoms with van der Waals surface area (Å²) < 4.78 is 30.9. The molecule has 0 aromatic rings. The fourth-order valence-corrected chi connectivity index (χ4v) is 1.12. The Hall–Kier alpha value is -1.39. The third kappa shape index (κ3) is 23.7. The topological polar surface area (TPSA) is 156 Å². The van der Waals surface area contributed by atoms with Crippen LogP contribution in [0.25, 0.3) is 0 Å². The Balaban J connectivity index is 0. The Bertz CT molecular complexity index is 435. The van der Waals surface area contributed by atoms with Gasteiger partial charge in [-0.3, -0.25) is 9.35 Å². The second-order valence-corrected chi connectivity index (χ2v) is 7.07. The van der Waals surface area contributed by atoms with Gasteiger partial charge in [0.05, 0.1) is 6.26 Å². The van der Waals surface area contributed by atoms with Crippen LogP contribution in [0.5, 0.6) is 0 Å². The lowest BCUT2D eigenvalue weighted by molar-refractivity contribution is -0.138. The van der Waals surface area contributed by atoms with Gasteiger partial charge in [0.2, 0.25) is 0 Å². The first-order chi connectivity index (χ1) is 9.72. The fraction of sp³-hybridized carbons (Fsp3) is 0.833. The number of amides is 1. The zero-order valence-electron chi connectivity index (χ0n) is 13.3. The summed E-state index contributed by atoms with van der Waals surface area (Å²) in [5.74, 6) is -0.995. The van der Waals surface area contributed by atoms with E-state index in [9.17, 15) is 18.0 Å². The Morgan fingerprint density at radius 1 is 1.27 bits per heavy atom. The van der Waals surface area contributed by atoms with Gasteiger partial charge in [0.15, 0.2) is 0 Å². The number of nitrogens with two attached hydrogens (primary N) is 1. The van der Waals surface area contributed by atoms with E-state index in [4.69, 9.17) is 20.1 Å². The molecule has 0 fully saturated rings. The molecule has 132 valence electrons. The molecule has 0 aliphatic heterocycles. The van der Waals surface area contributed by atoms with Crippen LogP contribution in [0, 0.1) is 0 Å². The maximum atomic E-state index is 11.2. The zero-order chi connectivity index (χ0) is 18.0. The number of hydrogen-bond donors (Lipinski definition) is 4. The average molecular weight is 342 g/mol. The van der Waals surface area contributed by atoms with Crippen LogP contribution in [0.2, 0.25) is 0 Å². The van der Waals surface area contributed by atoms with Crippen LogP contribution in [0.3, 0.4) is 0 Å². The number of carbonyl (C=O) groups is 2. The first-order valence-corrected chi connectivity index (χ1v) is 8.45. The Kier molecular flexibility index (Phi) is 10.8. The molecule has 0 aliphatic rings. The largest absolute Gasteiger partial charge is 0.480 e. The molecule has 22 heavy (non-hydrogen) atoms. The minimum atomic E-state index is -3.67. The Morgan fingerprint density at radius 2 is 1.73 bits per heavy atom. The molecule has 0 spiro atoms. The molecule has 0 aromatic carbocycles. The minimum absolute atomic E-state index is 0.408. The van der Waals surface area contributed by atoms with E-state index >= 15 is 0 Å². The van der Waals surface area contributed by atoms with Crippen molar-refractivity contribution < 1.29 is 32.4 Å². The SMILES string of the molecule is CC(C)(C)OC(=O)NCCCCC(N)C(=O)O.CS(=O)(=O)O. The summed E-state index contributed by atoms with van der Waals surface area (Å²) in [5, 5.41) is 11.1. The summed E-state index contributed by atoms with van der Waals surface area (Å²) in [5.41, 5.74) is 4.83. The summed E-state index contributed by atoms with van der Waals surface area (Å²) in [7, 11) is -3.67. The predicted molar refractivity (Wildman–Crippen MR) is 81.2 cm³/mol. The highest BCUT2D eigenvalue weighted by Crippen LogP contribution is 2.06. The van der Waals surface area contributed by atoms with Crippen LogP contribution in [0.1, 0.15) is 40.0 Å². The van der Waals surface area contributed by atoms with Crippen LogP contribution in [0.4, 0.5) is 4.79 Å². The summed E-state index contributed by atoms with van der Waals surface area (Å²) >= 11 is 0. The number of hydrogen-bond acceptors (Lipinski definition) is 6. The van der Waals surface area contributed by atoms with Crippen molar-refractivity contribution in [3.63, 3.8) is 0 Å².